The summed E-state index contributed by atoms with van der Waals surface area (Å²) in [5, 5.41) is 0. The number of halogens is 5. The van der Waals surface area contributed by atoms with E-state index in [4.69, 9.17) is 0 Å². The molecule has 0 aromatic heterocycles. The monoisotopic (exact) mass is 460 g/mol. The van der Waals surface area contributed by atoms with Gasteiger partial charge in [-0.25, -0.2) is 0 Å². The van der Waals surface area contributed by atoms with Crippen molar-refractivity contribution in [2.24, 2.45) is 0 Å². The Morgan fingerprint density at radius 1 is 0.714 bits per heavy atom. The second-order valence-corrected chi connectivity index (χ2v) is 51.7. The first-order valence-corrected chi connectivity index (χ1v) is 13.2. The van der Waals surface area contributed by atoms with E-state index in [1.165, 1.54) is 0 Å². The fourth-order valence-electron chi connectivity index (χ4n) is 0. The summed E-state index contributed by atoms with van der Waals surface area (Å²) in [4.78, 5) is 0. The molecule has 1 unspecified atom stereocenters. The SMILES string of the molecule is BrP(Br)(Br)(Br)Br.P. The fourth-order valence-corrected chi connectivity index (χ4v) is 0. The predicted molar refractivity (Wildman–Crippen MR) is 62.7 cm³/mol. The van der Waals surface area contributed by atoms with Crippen molar-refractivity contribution in [2.75, 3.05) is 0 Å². The van der Waals surface area contributed by atoms with Crippen LogP contribution in [0.2, 0.25) is 0 Å². The first-order valence-electron chi connectivity index (χ1n) is 0.845. The molecule has 0 aliphatic heterocycles. The minimum atomic E-state index is -1.99. The molecule has 0 bridgehead atoms. The summed E-state index contributed by atoms with van der Waals surface area (Å²) in [6.07, 6.45) is 0. The molecule has 0 saturated heterocycles. The van der Waals surface area contributed by atoms with Gasteiger partial charge in [-0.2, -0.15) is 9.90 Å². The van der Waals surface area contributed by atoms with E-state index in [2.05, 4.69) is 77.4 Å². The summed E-state index contributed by atoms with van der Waals surface area (Å²) in [5.41, 5.74) is 0. The van der Waals surface area contributed by atoms with Gasteiger partial charge in [-0.15, -0.1) is 0 Å². The second-order valence-electron chi connectivity index (χ2n) is 0.639. The van der Waals surface area contributed by atoms with Crippen molar-refractivity contribution in [2.45, 2.75) is 0 Å². The molecule has 0 saturated carbocycles. The van der Waals surface area contributed by atoms with Gasteiger partial charge in [0.25, 0.3) is 0 Å². The first-order chi connectivity index (χ1) is 2.24. The van der Waals surface area contributed by atoms with Gasteiger partial charge in [-0.1, -0.05) is 0 Å². The van der Waals surface area contributed by atoms with E-state index < -0.39 is 0.115 Å². The number of hydrogen-bond donors (Lipinski definition) is 0. The van der Waals surface area contributed by atoms with Crippen LogP contribution in [-0.2, 0) is 0 Å². The molecule has 0 heterocycles. The van der Waals surface area contributed by atoms with E-state index in [-0.39, 0.29) is 9.90 Å². The van der Waals surface area contributed by atoms with Gasteiger partial charge >= 0.3 is 77.6 Å². The molecule has 7 heteroatoms. The van der Waals surface area contributed by atoms with E-state index in [0.29, 0.717) is 0 Å². The van der Waals surface area contributed by atoms with Gasteiger partial charge in [-0.3, -0.25) is 0 Å². The molecule has 0 amide bonds. The van der Waals surface area contributed by atoms with Gasteiger partial charge in [0.15, 0.2) is 0 Å². The average molecular weight is 464 g/mol. The van der Waals surface area contributed by atoms with Crippen molar-refractivity contribution in [1.82, 2.24) is 0 Å². The van der Waals surface area contributed by atoms with Gasteiger partial charge in [0, 0.05) is 0 Å². The Kier molecular flexibility index (Phi) is 6.62. The number of hydrogen-bond acceptors (Lipinski definition) is 0. The normalized spacial score (nSPS) is 16.4. The quantitative estimate of drug-likeness (QED) is 0.435. The molecular weight excluding hydrogens is 461 g/mol. The van der Waals surface area contributed by atoms with E-state index >= 15 is 0 Å². The fraction of sp³-hybridized carbons (Fsp3) is 0. The van der Waals surface area contributed by atoms with Crippen LogP contribution >= 0.6 is 87.5 Å². The van der Waals surface area contributed by atoms with E-state index in [0.717, 1.165) is 0 Å². The zero-order chi connectivity index (χ0) is 5.45. The molecule has 7 heavy (non-hydrogen) atoms. The molecule has 0 aliphatic carbocycles. The number of rotatable bonds is 0. The maximum Gasteiger partial charge on any atom is -0.153 e. The van der Waals surface area contributed by atoms with Crippen molar-refractivity contribution in [3.63, 3.8) is 0 Å². The maximum absolute atomic E-state index is 3.28. The Morgan fingerprint density at radius 2 is 0.714 bits per heavy atom. The minimum Gasteiger partial charge on any atom is -0.153 e. The smallest absolute Gasteiger partial charge is 0.153 e. The Labute approximate surface area is 86.2 Å². The zero-order valence-electron chi connectivity index (χ0n) is 3.04. The topological polar surface area (TPSA) is 0 Å². The van der Waals surface area contributed by atoms with Crippen molar-refractivity contribution in [3.8, 4) is 0 Å². The molecule has 0 radical (unpaired) electrons. The third kappa shape index (κ3) is 45.9. The zero-order valence-corrected chi connectivity index (χ0v) is 13.3. The van der Waals surface area contributed by atoms with Crippen molar-refractivity contribution in [3.05, 3.63) is 0 Å². The minimum absolute atomic E-state index is 0. The molecule has 0 spiro atoms. The van der Waals surface area contributed by atoms with Gasteiger partial charge in [0.2, 0.25) is 0 Å². The molecule has 0 aliphatic rings. The summed E-state index contributed by atoms with van der Waals surface area (Å²) in [7, 11) is 0. The second kappa shape index (κ2) is 3.59. The molecule has 0 nitrogen and oxygen atoms in total. The van der Waals surface area contributed by atoms with Gasteiger partial charge < -0.3 is 0 Å². The van der Waals surface area contributed by atoms with E-state index in [1.807, 2.05) is 0 Å². The molecule has 0 rings (SSSR count). The van der Waals surface area contributed by atoms with Crippen LogP contribution in [0.15, 0.2) is 0 Å². The van der Waals surface area contributed by atoms with Crippen molar-refractivity contribution >= 4 is 87.5 Å². The third-order valence-electron chi connectivity index (χ3n) is 0. The van der Waals surface area contributed by atoms with Crippen LogP contribution in [0.25, 0.3) is 0 Å². The van der Waals surface area contributed by atoms with Crippen molar-refractivity contribution < 1.29 is 0 Å². The molecular formula is H3Br5P2. The summed E-state index contributed by atoms with van der Waals surface area (Å²) in [6, 6.07) is 0. The van der Waals surface area contributed by atoms with Crippen molar-refractivity contribution in [1.29, 1.82) is 0 Å². The molecule has 0 aromatic rings. The first kappa shape index (κ1) is 12.9. The molecule has 0 N–H and O–H groups in total. The van der Waals surface area contributed by atoms with Crippen LogP contribution in [0.5, 0.6) is 0 Å². The maximum atomic E-state index is 3.28. The molecule has 1 atom stereocenters. The standard InChI is InChI=1S/Br5P.H3P/c1-6(2,3,4)5;/h;1H3. The Hall–Kier alpha value is 3.26. The molecule has 0 fully saturated rings. The molecule has 48 valence electrons. The largest absolute Gasteiger partial charge is 0.153 e. The Bertz CT molecular complexity index is 39.3. The van der Waals surface area contributed by atoms with Crippen LogP contribution < -0.4 is 0 Å². The van der Waals surface area contributed by atoms with Crippen LogP contribution in [0.3, 0.4) is 0 Å². The van der Waals surface area contributed by atoms with Crippen LogP contribution in [0, 0.1) is 0 Å². The van der Waals surface area contributed by atoms with Crippen LogP contribution in [0.1, 0.15) is 0 Å². The summed E-state index contributed by atoms with van der Waals surface area (Å²) >= 11 is 16.4. The molecule has 0 aromatic carbocycles. The third-order valence-corrected chi connectivity index (χ3v) is 0. The van der Waals surface area contributed by atoms with Gasteiger partial charge in [0.05, 0.1) is 0 Å². The Balaban J connectivity index is 0. The van der Waals surface area contributed by atoms with Crippen LogP contribution in [0.4, 0.5) is 0 Å². The summed E-state index contributed by atoms with van der Waals surface area (Å²) in [5.74, 6) is 0. The van der Waals surface area contributed by atoms with Crippen LogP contribution in [-0.4, -0.2) is 0 Å². The van der Waals surface area contributed by atoms with Gasteiger partial charge in [-0.05, 0) is 0 Å². The predicted octanol–water partition coefficient (Wildman–Crippen LogP) is 5.15. The van der Waals surface area contributed by atoms with Gasteiger partial charge in [0.1, 0.15) is 0 Å². The Morgan fingerprint density at radius 3 is 0.714 bits per heavy atom. The van der Waals surface area contributed by atoms with E-state index in [1.54, 1.807) is 0 Å². The summed E-state index contributed by atoms with van der Waals surface area (Å²) in [6.45, 7) is 0. The van der Waals surface area contributed by atoms with E-state index in [9.17, 15) is 0 Å². The summed E-state index contributed by atoms with van der Waals surface area (Å²) < 4.78 is -1.99. The average Bonchev–Trinajstić information content (AvgIpc) is 0.650.